The predicted molar refractivity (Wildman–Crippen MR) is 76.0 cm³/mol. The number of benzene rings is 2. The fourth-order valence-corrected chi connectivity index (χ4v) is 2.37. The summed E-state index contributed by atoms with van der Waals surface area (Å²) in [5, 5.41) is 18.4. The summed E-state index contributed by atoms with van der Waals surface area (Å²) in [4.78, 5) is 11.3. The zero-order valence-corrected chi connectivity index (χ0v) is 11.5. The second-order valence-corrected chi connectivity index (χ2v) is 4.94. The van der Waals surface area contributed by atoms with Crippen LogP contribution in [0, 0.1) is 28.9 Å². The molecule has 112 valence electrons. The van der Waals surface area contributed by atoms with E-state index >= 15 is 0 Å². The molecule has 0 radical (unpaired) electrons. The maximum absolute atomic E-state index is 13.3. The molecule has 0 amide bonds. The summed E-state index contributed by atoms with van der Waals surface area (Å²) in [6.07, 6.45) is 0.175. The van der Waals surface area contributed by atoms with Crippen molar-refractivity contribution in [3.8, 4) is 6.07 Å². The summed E-state index contributed by atoms with van der Waals surface area (Å²) in [6, 6.07) is 12.9. The van der Waals surface area contributed by atoms with Gasteiger partial charge in [0, 0.05) is 5.92 Å². The van der Waals surface area contributed by atoms with Gasteiger partial charge in [-0.2, -0.15) is 5.26 Å². The van der Waals surface area contributed by atoms with E-state index < -0.39 is 29.4 Å². The first kappa shape index (κ1) is 15.6. The second-order valence-electron chi connectivity index (χ2n) is 4.94. The lowest BCUT2D eigenvalue weighted by Gasteiger charge is -2.20. The van der Waals surface area contributed by atoms with Crippen molar-refractivity contribution >= 4 is 5.97 Å². The van der Waals surface area contributed by atoms with Crippen molar-refractivity contribution in [1.29, 1.82) is 5.26 Å². The maximum atomic E-state index is 13.3. The minimum atomic E-state index is -1.30. The number of rotatable bonds is 5. The number of hydrogen-bond acceptors (Lipinski definition) is 2. The van der Waals surface area contributed by atoms with Gasteiger partial charge in [-0.05, 0) is 41.8 Å². The third-order valence-electron chi connectivity index (χ3n) is 3.45. The Morgan fingerprint density at radius 2 is 1.82 bits per heavy atom. The molecule has 1 N–H and O–H groups in total. The minimum absolute atomic E-state index is 0.175. The van der Waals surface area contributed by atoms with Crippen LogP contribution in [0.5, 0.6) is 0 Å². The van der Waals surface area contributed by atoms with Crippen molar-refractivity contribution in [2.45, 2.75) is 12.3 Å². The number of hydrogen-bond donors (Lipinski definition) is 1. The fraction of sp³-hybridized carbons (Fsp3) is 0.176. The molecule has 0 aliphatic heterocycles. The standard InChI is InChI=1S/C17H13F2NO2/c18-13-6-4-12(5-7-13)15(16(10-20)17(21)22)9-11-2-1-3-14(19)8-11/h1-8,15-16H,9H2,(H,21,22). The Kier molecular flexibility index (Phi) is 4.84. The molecule has 0 aromatic heterocycles. The van der Waals surface area contributed by atoms with Gasteiger partial charge in [0.15, 0.2) is 5.92 Å². The number of nitriles is 1. The largest absolute Gasteiger partial charge is 0.480 e. The average Bonchev–Trinajstić information content (AvgIpc) is 2.47. The van der Waals surface area contributed by atoms with E-state index in [1.165, 1.54) is 42.5 Å². The molecule has 0 spiro atoms. The van der Waals surface area contributed by atoms with Gasteiger partial charge >= 0.3 is 5.97 Å². The summed E-state index contributed by atoms with van der Waals surface area (Å²) in [5.74, 6) is -4.12. The van der Waals surface area contributed by atoms with Gasteiger partial charge in [-0.1, -0.05) is 24.3 Å². The topological polar surface area (TPSA) is 61.1 Å². The van der Waals surface area contributed by atoms with Crippen molar-refractivity contribution in [1.82, 2.24) is 0 Å². The van der Waals surface area contributed by atoms with E-state index in [-0.39, 0.29) is 6.42 Å². The molecule has 2 atom stereocenters. The van der Waals surface area contributed by atoms with Gasteiger partial charge < -0.3 is 5.11 Å². The van der Waals surface area contributed by atoms with Gasteiger partial charge in [0.2, 0.25) is 0 Å². The first-order valence-corrected chi connectivity index (χ1v) is 6.63. The van der Waals surface area contributed by atoms with Gasteiger partial charge in [0.1, 0.15) is 11.6 Å². The molecule has 2 rings (SSSR count). The summed E-state index contributed by atoms with van der Waals surface area (Å²) < 4.78 is 26.3. The van der Waals surface area contributed by atoms with Gasteiger partial charge in [0.05, 0.1) is 6.07 Å². The molecule has 0 heterocycles. The minimum Gasteiger partial charge on any atom is -0.480 e. The lowest BCUT2D eigenvalue weighted by Crippen LogP contribution is -2.22. The molecule has 0 aliphatic rings. The van der Waals surface area contributed by atoms with E-state index in [2.05, 4.69) is 0 Å². The quantitative estimate of drug-likeness (QED) is 0.919. The summed E-state index contributed by atoms with van der Waals surface area (Å²) in [5.41, 5.74) is 1.11. The molecular weight excluding hydrogens is 288 g/mol. The Morgan fingerprint density at radius 1 is 1.14 bits per heavy atom. The third kappa shape index (κ3) is 3.67. The highest BCUT2D eigenvalue weighted by atomic mass is 19.1. The molecule has 2 aromatic rings. The molecule has 2 unspecified atom stereocenters. The zero-order valence-electron chi connectivity index (χ0n) is 11.5. The van der Waals surface area contributed by atoms with Crippen LogP contribution in [-0.2, 0) is 11.2 Å². The molecular formula is C17H13F2NO2. The smallest absolute Gasteiger partial charge is 0.321 e. The van der Waals surface area contributed by atoms with Crippen LogP contribution in [0.25, 0.3) is 0 Å². The highest BCUT2D eigenvalue weighted by Crippen LogP contribution is 2.29. The highest BCUT2D eigenvalue weighted by Gasteiger charge is 2.29. The number of nitrogens with zero attached hydrogens (tertiary/aromatic N) is 1. The van der Waals surface area contributed by atoms with Crippen molar-refractivity contribution in [2.24, 2.45) is 5.92 Å². The SMILES string of the molecule is N#CC(C(=O)O)C(Cc1cccc(F)c1)c1ccc(F)cc1. The normalized spacial score (nSPS) is 13.1. The van der Waals surface area contributed by atoms with Crippen molar-refractivity contribution in [2.75, 3.05) is 0 Å². The van der Waals surface area contributed by atoms with Crippen LogP contribution in [0.3, 0.4) is 0 Å². The number of aliphatic carboxylic acids is 1. The predicted octanol–water partition coefficient (Wildman–Crippen LogP) is 3.52. The van der Waals surface area contributed by atoms with E-state index in [0.29, 0.717) is 11.1 Å². The van der Waals surface area contributed by atoms with Gasteiger partial charge in [0.25, 0.3) is 0 Å². The number of halogens is 2. The molecule has 0 aliphatic carbocycles. The Bertz CT molecular complexity index is 707. The molecule has 2 aromatic carbocycles. The van der Waals surface area contributed by atoms with E-state index in [1.54, 1.807) is 12.1 Å². The molecule has 0 saturated heterocycles. The van der Waals surface area contributed by atoms with E-state index in [1.807, 2.05) is 0 Å². The first-order valence-electron chi connectivity index (χ1n) is 6.63. The van der Waals surface area contributed by atoms with E-state index in [0.717, 1.165) is 0 Å². The number of carboxylic acid groups (broad SMARTS) is 1. The summed E-state index contributed by atoms with van der Waals surface area (Å²) >= 11 is 0. The monoisotopic (exact) mass is 301 g/mol. The van der Waals surface area contributed by atoms with E-state index in [4.69, 9.17) is 5.26 Å². The molecule has 0 bridgehead atoms. The van der Waals surface area contributed by atoms with Crippen molar-refractivity contribution < 1.29 is 18.7 Å². The van der Waals surface area contributed by atoms with Crippen molar-refractivity contribution in [3.63, 3.8) is 0 Å². The van der Waals surface area contributed by atoms with Crippen LogP contribution in [0.4, 0.5) is 8.78 Å². The lowest BCUT2D eigenvalue weighted by atomic mass is 9.82. The first-order chi connectivity index (χ1) is 10.5. The molecule has 5 heteroatoms. The van der Waals surface area contributed by atoms with E-state index in [9.17, 15) is 18.7 Å². The van der Waals surface area contributed by atoms with Gasteiger partial charge in [-0.3, -0.25) is 4.79 Å². The Labute approximate surface area is 126 Å². The van der Waals surface area contributed by atoms with Crippen LogP contribution in [0.15, 0.2) is 48.5 Å². The van der Waals surface area contributed by atoms with Crippen LogP contribution in [-0.4, -0.2) is 11.1 Å². The summed E-state index contributed by atoms with van der Waals surface area (Å²) in [7, 11) is 0. The Morgan fingerprint density at radius 3 is 2.36 bits per heavy atom. The van der Waals surface area contributed by atoms with Gasteiger partial charge in [-0.15, -0.1) is 0 Å². The Balaban J connectivity index is 2.39. The molecule has 0 fully saturated rings. The maximum Gasteiger partial charge on any atom is 0.321 e. The Hall–Kier alpha value is -2.74. The number of carboxylic acids is 1. The molecule has 22 heavy (non-hydrogen) atoms. The summed E-state index contributed by atoms with van der Waals surface area (Å²) in [6.45, 7) is 0. The van der Waals surface area contributed by atoms with Crippen molar-refractivity contribution in [3.05, 3.63) is 71.3 Å². The van der Waals surface area contributed by atoms with Crippen LogP contribution >= 0.6 is 0 Å². The third-order valence-corrected chi connectivity index (χ3v) is 3.45. The second kappa shape index (κ2) is 6.81. The molecule has 0 saturated carbocycles. The van der Waals surface area contributed by atoms with Crippen LogP contribution in [0.2, 0.25) is 0 Å². The zero-order chi connectivity index (χ0) is 16.1. The van der Waals surface area contributed by atoms with Crippen LogP contribution < -0.4 is 0 Å². The lowest BCUT2D eigenvalue weighted by molar-refractivity contribution is -0.140. The molecule has 3 nitrogen and oxygen atoms in total. The van der Waals surface area contributed by atoms with Crippen LogP contribution in [0.1, 0.15) is 17.0 Å². The van der Waals surface area contributed by atoms with Gasteiger partial charge in [-0.25, -0.2) is 8.78 Å². The average molecular weight is 301 g/mol. The fourth-order valence-electron chi connectivity index (χ4n) is 2.37. The number of carbonyl (C=O) groups is 1. The highest BCUT2D eigenvalue weighted by molar-refractivity contribution is 5.74.